The summed E-state index contributed by atoms with van der Waals surface area (Å²) in [5, 5.41) is 5.53. The number of hydrogen-bond acceptors (Lipinski definition) is 2. The average molecular weight is 297 g/mol. The number of carbonyl (C=O) groups excluding carboxylic acids is 1. The van der Waals surface area contributed by atoms with E-state index in [9.17, 15) is 13.6 Å². The molecule has 1 saturated carbocycles. The van der Waals surface area contributed by atoms with Gasteiger partial charge >= 0.3 is 0 Å². The van der Waals surface area contributed by atoms with E-state index >= 15 is 0 Å². The third-order valence-corrected chi connectivity index (χ3v) is 4.13. The van der Waals surface area contributed by atoms with Crippen molar-refractivity contribution in [3.05, 3.63) is 0 Å². The van der Waals surface area contributed by atoms with Crippen LogP contribution in [0.5, 0.6) is 0 Å². The molecule has 3 atom stereocenters. The molecule has 1 aliphatic heterocycles. The first kappa shape index (κ1) is 16.6. The highest BCUT2D eigenvalue weighted by Crippen LogP contribution is 2.28. The number of carbonyl (C=O) groups is 1. The van der Waals surface area contributed by atoms with Crippen LogP contribution in [0.2, 0.25) is 0 Å². The molecule has 2 rings (SSSR count). The average Bonchev–Trinajstić information content (AvgIpc) is 2.70. The second-order valence-corrected chi connectivity index (χ2v) is 5.64. The van der Waals surface area contributed by atoms with E-state index in [0.717, 1.165) is 25.7 Å². The predicted molar refractivity (Wildman–Crippen MR) is 72.8 cm³/mol. The summed E-state index contributed by atoms with van der Waals surface area (Å²) in [6.07, 6.45) is 5.08. The third-order valence-electron chi connectivity index (χ3n) is 4.13. The number of nitrogens with one attached hydrogen (secondary N) is 2. The third kappa shape index (κ3) is 4.56. The van der Waals surface area contributed by atoms with Crippen molar-refractivity contribution >= 4 is 18.3 Å². The van der Waals surface area contributed by atoms with E-state index in [-0.39, 0.29) is 37.3 Å². The van der Waals surface area contributed by atoms with Gasteiger partial charge in [0.25, 0.3) is 5.92 Å². The molecule has 19 heavy (non-hydrogen) atoms. The van der Waals surface area contributed by atoms with Gasteiger partial charge in [0.05, 0.1) is 12.6 Å². The molecule has 1 aliphatic carbocycles. The Morgan fingerprint density at radius 3 is 2.74 bits per heavy atom. The van der Waals surface area contributed by atoms with Crippen LogP contribution in [-0.4, -0.2) is 30.5 Å². The molecule has 3 unspecified atom stereocenters. The van der Waals surface area contributed by atoms with Crippen molar-refractivity contribution in [3.63, 3.8) is 0 Å². The van der Waals surface area contributed by atoms with Crippen LogP contribution in [0, 0.1) is 5.92 Å². The number of hydrogen-bond donors (Lipinski definition) is 2. The zero-order chi connectivity index (χ0) is 13.2. The van der Waals surface area contributed by atoms with Gasteiger partial charge in [-0.15, -0.1) is 12.4 Å². The fourth-order valence-electron chi connectivity index (χ4n) is 3.00. The predicted octanol–water partition coefficient (Wildman–Crippen LogP) is 2.49. The van der Waals surface area contributed by atoms with Crippen molar-refractivity contribution in [3.8, 4) is 0 Å². The normalized spacial score (nSPS) is 33.5. The quantitative estimate of drug-likeness (QED) is 0.840. The molecule has 0 bridgehead atoms. The number of amides is 1. The van der Waals surface area contributed by atoms with Crippen LogP contribution in [0.15, 0.2) is 0 Å². The Morgan fingerprint density at radius 1 is 1.42 bits per heavy atom. The van der Waals surface area contributed by atoms with E-state index in [1.165, 1.54) is 6.42 Å². The topological polar surface area (TPSA) is 41.1 Å². The highest BCUT2D eigenvalue weighted by Gasteiger charge is 2.42. The Balaban J connectivity index is 0.00000180. The summed E-state index contributed by atoms with van der Waals surface area (Å²) in [6, 6.07) is -0.547. The van der Waals surface area contributed by atoms with Gasteiger partial charge in [0.15, 0.2) is 0 Å². The minimum absolute atomic E-state index is 0. The molecule has 0 aromatic heterocycles. The van der Waals surface area contributed by atoms with Gasteiger partial charge in [-0.2, -0.15) is 0 Å². The van der Waals surface area contributed by atoms with Crippen molar-refractivity contribution in [2.45, 2.75) is 63.5 Å². The summed E-state index contributed by atoms with van der Waals surface area (Å²) in [4.78, 5) is 11.9. The zero-order valence-electron chi connectivity index (χ0n) is 11.3. The maximum Gasteiger partial charge on any atom is 0.262 e. The molecule has 3 nitrogen and oxygen atoms in total. The van der Waals surface area contributed by atoms with E-state index < -0.39 is 12.0 Å². The summed E-state index contributed by atoms with van der Waals surface area (Å²) in [5.41, 5.74) is 0. The fourth-order valence-corrected chi connectivity index (χ4v) is 3.00. The maximum atomic E-state index is 13.0. The summed E-state index contributed by atoms with van der Waals surface area (Å²) >= 11 is 0. The molecule has 0 spiro atoms. The summed E-state index contributed by atoms with van der Waals surface area (Å²) < 4.78 is 26.0. The molecule has 0 aromatic carbocycles. The highest BCUT2D eigenvalue weighted by atomic mass is 35.5. The lowest BCUT2D eigenvalue weighted by Crippen LogP contribution is -2.46. The Morgan fingerprint density at radius 2 is 2.16 bits per heavy atom. The van der Waals surface area contributed by atoms with Gasteiger partial charge in [-0.1, -0.05) is 26.2 Å². The molecule has 2 N–H and O–H groups in total. The molecule has 0 aromatic rings. The molecule has 1 heterocycles. The molecule has 2 fully saturated rings. The minimum atomic E-state index is -2.74. The fraction of sp³-hybridized carbons (Fsp3) is 0.923. The second kappa shape index (κ2) is 6.84. The molecule has 1 saturated heterocycles. The molecule has 112 valence electrons. The molecular formula is C13H23ClF2N2O. The van der Waals surface area contributed by atoms with E-state index in [4.69, 9.17) is 0 Å². The van der Waals surface area contributed by atoms with Crippen LogP contribution in [0.25, 0.3) is 0 Å². The largest absolute Gasteiger partial charge is 0.352 e. The Labute approximate surface area is 119 Å². The first-order valence-electron chi connectivity index (χ1n) is 6.92. The van der Waals surface area contributed by atoms with Crippen LogP contribution >= 0.6 is 12.4 Å². The van der Waals surface area contributed by atoms with Crippen LogP contribution in [0.3, 0.4) is 0 Å². The first-order chi connectivity index (χ1) is 8.50. The molecular weight excluding hydrogens is 274 g/mol. The smallest absolute Gasteiger partial charge is 0.262 e. The summed E-state index contributed by atoms with van der Waals surface area (Å²) in [6.45, 7) is 1.78. The van der Waals surface area contributed by atoms with Gasteiger partial charge in [0.2, 0.25) is 5.91 Å². The lowest BCUT2D eigenvalue weighted by atomic mass is 9.84. The Kier molecular flexibility index (Phi) is 5.99. The van der Waals surface area contributed by atoms with Crippen LogP contribution in [-0.2, 0) is 4.79 Å². The monoisotopic (exact) mass is 296 g/mol. The van der Waals surface area contributed by atoms with Crippen molar-refractivity contribution < 1.29 is 13.6 Å². The number of rotatable bonds is 3. The van der Waals surface area contributed by atoms with E-state index in [1.54, 1.807) is 0 Å². The highest BCUT2D eigenvalue weighted by molar-refractivity contribution is 5.85. The Hall–Kier alpha value is -0.420. The first-order valence-corrected chi connectivity index (χ1v) is 6.92. The maximum absolute atomic E-state index is 13.0. The number of alkyl halides is 2. The zero-order valence-corrected chi connectivity index (χ0v) is 12.1. The van der Waals surface area contributed by atoms with Crippen LogP contribution in [0.1, 0.15) is 45.4 Å². The Bertz CT molecular complexity index is 315. The van der Waals surface area contributed by atoms with Gasteiger partial charge in [-0.25, -0.2) is 8.78 Å². The van der Waals surface area contributed by atoms with E-state index in [1.807, 2.05) is 0 Å². The van der Waals surface area contributed by atoms with Crippen molar-refractivity contribution in [2.75, 3.05) is 6.54 Å². The minimum Gasteiger partial charge on any atom is -0.352 e. The van der Waals surface area contributed by atoms with Crippen LogP contribution < -0.4 is 10.6 Å². The molecule has 6 heteroatoms. The van der Waals surface area contributed by atoms with Crippen molar-refractivity contribution in [1.82, 2.24) is 10.6 Å². The number of halogens is 3. The summed E-state index contributed by atoms with van der Waals surface area (Å²) in [7, 11) is 0. The van der Waals surface area contributed by atoms with Crippen molar-refractivity contribution in [2.24, 2.45) is 5.92 Å². The van der Waals surface area contributed by atoms with E-state index in [0.29, 0.717) is 5.92 Å². The second-order valence-electron chi connectivity index (χ2n) is 5.64. The molecule has 1 amide bonds. The van der Waals surface area contributed by atoms with Crippen LogP contribution in [0.4, 0.5) is 8.78 Å². The van der Waals surface area contributed by atoms with Gasteiger partial charge in [-0.3, -0.25) is 10.1 Å². The SMILES string of the molecule is CCC1CCCC(NC(=O)C2CC(F)(F)CN2)C1.Cl. The van der Waals surface area contributed by atoms with E-state index in [2.05, 4.69) is 17.6 Å². The van der Waals surface area contributed by atoms with Crippen molar-refractivity contribution in [1.29, 1.82) is 0 Å². The standard InChI is InChI=1S/C13H22F2N2O.ClH/c1-2-9-4-3-5-10(6-9)17-12(18)11-7-13(14,15)8-16-11;/h9-11,16H,2-8H2,1H3,(H,17,18);1H. The van der Waals surface area contributed by atoms with Gasteiger partial charge in [0, 0.05) is 12.5 Å². The lowest BCUT2D eigenvalue weighted by molar-refractivity contribution is -0.124. The molecule has 2 aliphatic rings. The molecule has 0 radical (unpaired) electrons. The van der Waals surface area contributed by atoms with Gasteiger partial charge in [-0.05, 0) is 18.8 Å². The van der Waals surface area contributed by atoms with Gasteiger partial charge < -0.3 is 5.32 Å². The summed E-state index contributed by atoms with van der Waals surface area (Å²) in [5.74, 6) is -2.32. The lowest BCUT2D eigenvalue weighted by Gasteiger charge is -2.29. The van der Waals surface area contributed by atoms with Gasteiger partial charge in [0.1, 0.15) is 0 Å².